The molecule has 4 aromatic carbocycles. The second-order valence-electron chi connectivity index (χ2n) is 15.7. The molecule has 0 aromatic heterocycles. The summed E-state index contributed by atoms with van der Waals surface area (Å²) in [4.78, 5) is 14.3. The monoisotopic (exact) mass is 596 g/mol. The number of benzene rings is 4. The summed E-state index contributed by atoms with van der Waals surface area (Å²) in [6.07, 6.45) is 0. The molecule has 2 nitrogen and oxygen atoms in total. The molecule has 2 N–H and O–H groups in total. The molecule has 0 aliphatic rings. The average Bonchev–Trinajstić information content (AvgIpc) is 2.91. The van der Waals surface area contributed by atoms with Crippen LogP contribution in [0.15, 0.2) is 84.9 Å². The average molecular weight is 597 g/mol. The van der Waals surface area contributed by atoms with Crippen molar-refractivity contribution in [2.45, 2.75) is 105 Å². The van der Waals surface area contributed by atoms with Crippen molar-refractivity contribution in [3.63, 3.8) is 0 Å². The van der Waals surface area contributed by atoms with Crippen LogP contribution in [0.3, 0.4) is 0 Å². The van der Waals surface area contributed by atoms with Crippen LogP contribution in [0.2, 0.25) is 0 Å². The second kappa shape index (κ2) is 13.1. The SMILES string of the molecule is CC(C)(C)c1ccc(-c2cccc(-c3ccccc3)c2-c2ccc(C(C)(C)C)cc2C(C)(C)C)c(C(C)(C)C)c1.OPO. The van der Waals surface area contributed by atoms with E-state index in [2.05, 4.69) is 168 Å². The van der Waals surface area contributed by atoms with Crippen molar-refractivity contribution in [1.82, 2.24) is 0 Å². The Balaban J connectivity index is 0.00000162. The molecule has 0 bridgehead atoms. The molecule has 0 fully saturated rings. The van der Waals surface area contributed by atoms with Crippen molar-refractivity contribution in [1.29, 1.82) is 0 Å². The Morgan fingerprint density at radius 1 is 0.419 bits per heavy atom. The largest absolute Gasteiger partial charge is 0.352 e. The summed E-state index contributed by atoms with van der Waals surface area (Å²) in [5.74, 6) is 0. The van der Waals surface area contributed by atoms with Crippen LogP contribution < -0.4 is 0 Å². The minimum absolute atomic E-state index is 0.000432. The first kappa shape index (κ1) is 34.7. The molecular formula is C40H53O2P. The van der Waals surface area contributed by atoms with E-state index in [4.69, 9.17) is 9.79 Å². The predicted molar refractivity (Wildman–Crippen MR) is 190 cm³/mol. The third-order valence-corrected chi connectivity index (χ3v) is 8.10. The van der Waals surface area contributed by atoms with E-state index in [1.54, 1.807) is 0 Å². The normalized spacial score (nSPS) is 12.5. The summed E-state index contributed by atoms with van der Waals surface area (Å²) in [5, 5.41) is 0. The third-order valence-electron chi connectivity index (χ3n) is 8.10. The molecule has 4 rings (SSSR count). The van der Waals surface area contributed by atoms with Gasteiger partial charge in [0.25, 0.3) is 0 Å². The van der Waals surface area contributed by atoms with E-state index >= 15 is 0 Å². The molecule has 43 heavy (non-hydrogen) atoms. The van der Waals surface area contributed by atoms with Gasteiger partial charge >= 0.3 is 0 Å². The highest BCUT2D eigenvalue weighted by molar-refractivity contribution is 7.23. The first-order valence-corrected chi connectivity index (χ1v) is 16.2. The molecule has 0 heterocycles. The van der Waals surface area contributed by atoms with Gasteiger partial charge in [-0.1, -0.05) is 168 Å². The molecule has 0 unspecified atom stereocenters. The highest BCUT2D eigenvalue weighted by Crippen LogP contribution is 2.47. The molecule has 0 aliphatic carbocycles. The molecule has 0 radical (unpaired) electrons. The second-order valence-corrected chi connectivity index (χ2v) is 15.9. The van der Waals surface area contributed by atoms with Crippen molar-refractivity contribution in [3.05, 3.63) is 107 Å². The lowest BCUT2D eigenvalue weighted by Gasteiger charge is -2.31. The van der Waals surface area contributed by atoms with Gasteiger partial charge in [0.15, 0.2) is 0 Å². The van der Waals surface area contributed by atoms with Crippen molar-refractivity contribution in [2.75, 3.05) is 0 Å². The summed E-state index contributed by atoms with van der Waals surface area (Å²) < 4.78 is 0. The zero-order valence-electron chi connectivity index (χ0n) is 28.5. The van der Waals surface area contributed by atoms with Crippen LogP contribution in [0.1, 0.15) is 105 Å². The van der Waals surface area contributed by atoms with Crippen LogP contribution >= 0.6 is 9.03 Å². The summed E-state index contributed by atoms with van der Waals surface area (Å²) in [6, 6.07) is 32.2. The van der Waals surface area contributed by atoms with E-state index in [1.807, 2.05) is 0 Å². The number of rotatable bonds is 3. The van der Waals surface area contributed by atoms with Crippen molar-refractivity contribution in [3.8, 4) is 33.4 Å². The zero-order valence-corrected chi connectivity index (χ0v) is 29.5. The van der Waals surface area contributed by atoms with Gasteiger partial charge in [-0.15, -0.1) is 0 Å². The van der Waals surface area contributed by atoms with E-state index in [9.17, 15) is 0 Å². The third kappa shape index (κ3) is 8.24. The fourth-order valence-electron chi connectivity index (χ4n) is 5.64. The molecule has 0 amide bonds. The summed E-state index contributed by atoms with van der Waals surface area (Å²) in [7, 11) is -0.917. The van der Waals surface area contributed by atoms with E-state index in [0.717, 1.165) is 0 Å². The van der Waals surface area contributed by atoms with Crippen molar-refractivity contribution >= 4 is 9.03 Å². The minimum atomic E-state index is -0.917. The van der Waals surface area contributed by atoms with E-state index in [-0.39, 0.29) is 21.7 Å². The molecule has 0 atom stereocenters. The van der Waals surface area contributed by atoms with Crippen molar-refractivity contribution < 1.29 is 9.79 Å². The van der Waals surface area contributed by atoms with Crippen LogP contribution in [-0.4, -0.2) is 9.79 Å². The highest BCUT2D eigenvalue weighted by atomic mass is 31.1. The lowest BCUT2D eigenvalue weighted by molar-refractivity contribution is 0.513. The molecular weight excluding hydrogens is 543 g/mol. The van der Waals surface area contributed by atoms with E-state index in [0.29, 0.717) is 0 Å². The van der Waals surface area contributed by atoms with Gasteiger partial charge in [-0.25, -0.2) is 0 Å². The topological polar surface area (TPSA) is 40.5 Å². The Kier molecular flexibility index (Phi) is 10.6. The first-order chi connectivity index (χ1) is 19.8. The van der Waals surface area contributed by atoms with Crippen molar-refractivity contribution in [2.24, 2.45) is 0 Å². The molecule has 0 saturated heterocycles. The Hall–Kier alpha value is -2.77. The Bertz CT molecular complexity index is 1520. The minimum Gasteiger partial charge on any atom is -0.352 e. The number of hydrogen-bond donors (Lipinski definition) is 2. The summed E-state index contributed by atoms with van der Waals surface area (Å²) in [5.41, 5.74) is 13.5. The molecule has 0 saturated carbocycles. The lowest BCUT2D eigenvalue weighted by Crippen LogP contribution is -2.18. The van der Waals surface area contributed by atoms with Gasteiger partial charge in [-0.3, -0.25) is 0 Å². The zero-order chi connectivity index (χ0) is 32.4. The van der Waals surface area contributed by atoms with Gasteiger partial charge in [0, 0.05) is 0 Å². The molecule has 0 aliphatic heterocycles. The van der Waals surface area contributed by atoms with Gasteiger partial charge in [-0.05, 0) is 77.3 Å². The van der Waals surface area contributed by atoms with E-state index < -0.39 is 9.03 Å². The van der Waals surface area contributed by atoms with Crippen LogP contribution in [-0.2, 0) is 21.7 Å². The van der Waals surface area contributed by atoms with Gasteiger partial charge in [0.05, 0.1) is 0 Å². The Morgan fingerprint density at radius 3 is 1.28 bits per heavy atom. The molecule has 230 valence electrons. The van der Waals surface area contributed by atoms with Crippen LogP contribution in [0, 0.1) is 0 Å². The Morgan fingerprint density at radius 2 is 0.837 bits per heavy atom. The van der Waals surface area contributed by atoms with Crippen LogP contribution in [0.25, 0.3) is 33.4 Å². The summed E-state index contributed by atoms with van der Waals surface area (Å²) in [6.45, 7) is 27.9. The maximum Gasteiger partial charge on any atom is 0.149 e. The fourth-order valence-corrected chi connectivity index (χ4v) is 5.64. The van der Waals surface area contributed by atoms with Gasteiger partial charge < -0.3 is 9.79 Å². The van der Waals surface area contributed by atoms with Crippen LogP contribution in [0.4, 0.5) is 0 Å². The summed E-state index contributed by atoms with van der Waals surface area (Å²) >= 11 is 0. The predicted octanol–water partition coefficient (Wildman–Crippen LogP) is 11.4. The quantitative estimate of drug-likeness (QED) is 0.231. The standard InChI is InChI=1S/C40H50.H3O2P/c1-37(2,3)28-21-23-31(34(25-28)39(7,8)9)32-20-16-19-30(27-17-14-13-15-18-27)36(32)33-24-22-29(38(4,5)6)26-35(33)40(10,11)12;1-3-2/h13-26H,1-12H3;1-3H. The maximum absolute atomic E-state index is 7.15. The van der Waals surface area contributed by atoms with Gasteiger partial charge in [0.2, 0.25) is 0 Å². The molecule has 3 heteroatoms. The van der Waals surface area contributed by atoms with Gasteiger partial charge in [0.1, 0.15) is 9.03 Å². The lowest BCUT2D eigenvalue weighted by atomic mass is 9.73. The fraction of sp³-hybridized carbons (Fsp3) is 0.400. The highest BCUT2D eigenvalue weighted by Gasteiger charge is 2.28. The molecule has 4 aromatic rings. The molecule has 0 spiro atoms. The Labute approximate surface area is 263 Å². The van der Waals surface area contributed by atoms with Gasteiger partial charge in [-0.2, -0.15) is 0 Å². The smallest absolute Gasteiger partial charge is 0.149 e. The number of hydrogen-bond acceptors (Lipinski definition) is 2. The van der Waals surface area contributed by atoms with Crippen LogP contribution in [0.5, 0.6) is 0 Å². The van der Waals surface area contributed by atoms with E-state index in [1.165, 1.54) is 55.6 Å². The maximum atomic E-state index is 7.15. The first-order valence-electron chi connectivity index (χ1n) is 15.3.